The predicted octanol–water partition coefficient (Wildman–Crippen LogP) is 4.39. The van der Waals surface area contributed by atoms with Gasteiger partial charge in [0.2, 0.25) is 0 Å². The Morgan fingerprint density at radius 2 is 1.54 bits per heavy atom. The van der Waals surface area contributed by atoms with Crippen molar-refractivity contribution in [2.75, 3.05) is 17.7 Å². The second-order valence-corrected chi connectivity index (χ2v) is 5.15. The number of aldehydes is 1. The third-order valence-electron chi connectivity index (χ3n) is 3.42. The summed E-state index contributed by atoms with van der Waals surface area (Å²) >= 11 is 0. The highest BCUT2D eigenvalue weighted by atomic mass is 16.5. The van der Waals surface area contributed by atoms with Gasteiger partial charge < -0.3 is 15.4 Å². The molecule has 5 nitrogen and oxygen atoms in total. The summed E-state index contributed by atoms with van der Waals surface area (Å²) in [4.78, 5) is 14.7. The van der Waals surface area contributed by atoms with E-state index in [1.165, 1.54) is 0 Å². The summed E-state index contributed by atoms with van der Waals surface area (Å²) in [6.07, 6.45) is 2.36. The number of nitrogens with zero attached hydrogens (tertiary/aromatic N) is 1. The summed E-state index contributed by atoms with van der Waals surface area (Å²) in [6.45, 7) is 0. The summed E-state index contributed by atoms with van der Waals surface area (Å²) in [7, 11) is 1.65. The molecule has 120 valence electrons. The lowest BCUT2D eigenvalue weighted by atomic mass is 10.2. The van der Waals surface area contributed by atoms with Gasteiger partial charge in [-0.05, 0) is 42.5 Å². The van der Waals surface area contributed by atoms with Gasteiger partial charge in [-0.25, -0.2) is 0 Å². The van der Waals surface area contributed by atoms with Crippen LogP contribution in [0, 0.1) is 0 Å². The molecule has 0 aliphatic rings. The standard InChI is InChI=1S/C19H17N3O2/c1-24-19-7-3-6-16(11-19)21-14-4-2-5-15(10-14)22-17-8-9-18(13-23)20-12-17/h2-13,21-22H,1H3. The lowest BCUT2D eigenvalue weighted by Gasteiger charge is -2.11. The van der Waals surface area contributed by atoms with Crippen molar-refractivity contribution in [3.8, 4) is 5.75 Å². The number of benzene rings is 2. The molecule has 0 radical (unpaired) electrons. The molecule has 0 aliphatic heterocycles. The Morgan fingerprint density at radius 3 is 2.17 bits per heavy atom. The van der Waals surface area contributed by atoms with Crippen molar-refractivity contribution in [2.45, 2.75) is 0 Å². The Hall–Kier alpha value is -3.34. The highest BCUT2D eigenvalue weighted by molar-refractivity contribution is 5.73. The average molecular weight is 319 g/mol. The molecule has 5 heteroatoms. The second kappa shape index (κ2) is 7.28. The summed E-state index contributed by atoms with van der Waals surface area (Å²) in [5, 5.41) is 6.60. The first-order chi connectivity index (χ1) is 11.8. The van der Waals surface area contributed by atoms with Crippen LogP contribution in [-0.2, 0) is 0 Å². The lowest BCUT2D eigenvalue weighted by Crippen LogP contribution is -1.95. The van der Waals surface area contributed by atoms with Gasteiger partial charge in [0.25, 0.3) is 0 Å². The van der Waals surface area contributed by atoms with E-state index < -0.39 is 0 Å². The number of hydrogen-bond acceptors (Lipinski definition) is 5. The van der Waals surface area contributed by atoms with E-state index in [0.29, 0.717) is 5.69 Å². The molecule has 0 spiro atoms. The van der Waals surface area contributed by atoms with Crippen molar-refractivity contribution in [3.05, 3.63) is 72.6 Å². The second-order valence-electron chi connectivity index (χ2n) is 5.15. The maximum atomic E-state index is 10.6. The van der Waals surface area contributed by atoms with Crippen LogP contribution in [0.1, 0.15) is 10.5 Å². The van der Waals surface area contributed by atoms with Crippen LogP contribution in [0.3, 0.4) is 0 Å². The highest BCUT2D eigenvalue weighted by Crippen LogP contribution is 2.24. The van der Waals surface area contributed by atoms with Crippen LogP contribution in [-0.4, -0.2) is 18.4 Å². The van der Waals surface area contributed by atoms with E-state index in [1.807, 2.05) is 54.6 Å². The molecule has 2 N–H and O–H groups in total. The van der Waals surface area contributed by atoms with Crippen LogP contribution in [0.5, 0.6) is 5.75 Å². The number of ether oxygens (including phenoxy) is 1. The number of carbonyl (C=O) groups is 1. The third-order valence-corrected chi connectivity index (χ3v) is 3.42. The molecule has 3 rings (SSSR count). The predicted molar refractivity (Wildman–Crippen MR) is 95.6 cm³/mol. The van der Waals surface area contributed by atoms with Crippen molar-refractivity contribution in [1.29, 1.82) is 0 Å². The van der Waals surface area contributed by atoms with E-state index >= 15 is 0 Å². The molecular formula is C19H17N3O2. The number of carbonyl (C=O) groups excluding carboxylic acids is 1. The quantitative estimate of drug-likeness (QED) is 0.660. The molecule has 24 heavy (non-hydrogen) atoms. The van der Waals surface area contributed by atoms with Gasteiger partial charge in [-0.3, -0.25) is 9.78 Å². The minimum absolute atomic E-state index is 0.411. The first-order valence-electron chi connectivity index (χ1n) is 7.46. The number of aromatic nitrogens is 1. The summed E-state index contributed by atoms with van der Waals surface area (Å²) in [5.41, 5.74) is 4.05. The summed E-state index contributed by atoms with van der Waals surface area (Å²) in [5.74, 6) is 0.802. The van der Waals surface area contributed by atoms with Gasteiger partial charge in [-0.1, -0.05) is 12.1 Å². The van der Waals surface area contributed by atoms with Crippen molar-refractivity contribution in [3.63, 3.8) is 0 Å². The molecule has 2 aromatic carbocycles. The van der Waals surface area contributed by atoms with E-state index in [1.54, 1.807) is 19.4 Å². The lowest BCUT2D eigenvalue weighted by molar-refractivity contribution is 0.111. The van der Waals surface area contributed by atoms with Gasteiger partial charge >= 0.3 is 0 Å². The smallest absolute Gasteiger partial charge is 0.168 e. The van der Waals surface area contributed by atoms with Crippen LogP contribution in [0.2, 0.25) is 0 Å². The molecule has 0 unspecified atom stereocenters. The number of anilines is 4. The maximum Gasteiger partial charge on any atom is 0.168 e. The largest absolute Gasteiger partial charge is 0.497 e. The maximum absolute atomic E-state index is 10.6. The zero-order valence-electron chi connectivity index (χ0n) is 13.2. The topological polar surface area (TPSA) is 63.2 Å². The molecule has 1 heterocycles. The Morgan fingerprint density at radius 1 is 0.875 bits per heavy atom. The number of pyridine rings is 1. The summed E-state index contributed by atoms with van der Waals surface area (Å²) < 4.78 is 5.23. The van der Waals surface area contributed by atoms with Gasteiger partial charge in [-0.15, -0.1) is 0 Å². The van der Waals surface area contributed by atoms with Gasteiger partial charge in [0.15, 0.2) is 6.29 Å². The molecule has 0 saturated carbocycles. The third kappa shape index (κ3) is 3.89. The number of rotatable bonds is 6. The number of hydrogen-bond donors (Lipinski definition) is 2. The van der Waals surface area contributed by atoms with Crippen LogP contribution in [0.15, 0.2) is 66.9 Å². The molecule has 3 aromatic rings. The molecule has 0 bridgehead atoms. The van der Waals surface area contributed by atoms with E-state index in [2.05, 4.69) is 15.6 Å². The molecule has 0 saturated heterocycles. The van der Waals surface area contributed by atoms with E-state index in [4.69, 9.17) is 4.74 Å². The fourth-order valence-corrected chi connectivity index (χ4v) is 2.26. The van der Waals surface area contributed by atoms with Crippen molar-refractivity contribution in [1.82, 2.24) is 4.98 Å². The zero-order chi connectivity index (χ0) is 16.8. The van der Waals surface area contributed by atoms with E-state index in [-0.39, 0.29) is 0 Å². The first kappa shape index (κ1) is 15.6. The molecule has 0 aliphatic carbocycles. The summed E-state index contributed by atoms with van der Waals surface area (Å²) in [6, 6.07) is 19.1. The Kier molecular flexibility index (Phi) is 4.72. The Bertz CT molecular complexity index is 832. The van der Waals surface area contributed by atoms with E-state index in [9.17, 15) is 4.79 Å². The van der Waals surface area contributed by atoms with Crippen LogP contribution in [0.4, 0.5) is 22.7 Å². The molecule has 0 amide bonds. The molecule has 0 fully saturated rings. The van der Waals surface area contributed by atoms with Gasteiger partial charge in [0.05, 0.1) is 19.0 Å². The fourth-order valence-electron chi connectivity index (χ4n) is 2.26. The fraction of sp³-hybridized carbons (Fsp3) is 0.0526. The SMILES string of the molecule is COc1cccc(Nc2cccc(Nc3ccc(C=O)nc3)c2)c1. The van der Waals surface area contributed by atoms with Crippen LogP contribution >= 0.6 is 0 Å². The average Bonchev–Trinajstić information content (AvgIpc) is 2.63. The highest BCUT2D eigenvalue weighted by Gasteiger charge is 2.00. The first-order valence-corrected chi connectivity index (χ1v) is 7.46. The molecule has 1 aromatic heterocycles. The minimum atomic E-state index is 0.411. The van der Waals surface area contributed by atoms with Crippen molar-refractivity contribution >= 4 is 29.0 Å². The van der Waals surface area contributed by atoms with E-state index in [0.717, 1.165) is 34.8 Å². The normalized spacial score (nSPS) is 10.0. The minimum Gasteiger partial charge on any atom is -0.497 e. The Balaban J connectivity index is 1.74. The van der Waals surface area contributed by atoms with Crippen molar-refractivity contribution in [2.24, 2.45) is 0 Å². The van der Waals surface area contributed by atoms with Gasteiger partial charge in [0, 0.05) is 23.1 Å². The number of methoxy groups -OCH3 is 1. The Labute approximate surface area is 140 Å². The molecule has 0 atom stereocenters. The van der Waals surface area contributed by atoms with Crippen molar-refractivity contribution < 1.29 is 9.53 Å². The monoisotopic (exact) mass is 319 g/mol. The zero-order valence-corrected chi connectivity index (χ0v) is 13.2. The van der Waals surface area contributed by atoms with Crippen LogP contribution < -0.4 is 15.4 Å². The van der Waals surface area contributed by atoms with Crippen LogP contribution in [0.25, 0.3) is 0 Å². The van der Waals surface area contributed by atoms with Gasteiger partial charge in [0.1, 0.15) is 11.4 Å². The van der Waals surface area contributed by atoms with Gasteiger partial charge in [-0.2, -0.15) is 0 Å². The molecular weight excluding hydrogens is 302 g/mol. The number of nitrogens with one attached hydrogen (secondary N) is 2.